The van der Waals surface area contributed by atoms with E-state index in [9.17, 15) is 19.8 Å². The number of rotatable bonds is 7. The van der Waals surface area contributed by atoms with Gasteiger partial charge in [0.15, 0.2) is 11.5 Å². The zero-order chi connectivity index (χ0) is 22.1. The number of carbonyl (C=O) groups is 2. The SMILES string of the molecule is CC(C)CC(=O)C1=C(O)C(=O)N(CCc2c[nH]c3ccccc23)C1c1ccc(O)cc1. The maximum atomic E-state index is 13.0. The molecule has 31 heavy (non-hydrogen) atoms. The molecule has 2 heterocycles. The van der Waals surface area contributed by atoms with E-state index in [2.05, 4.69) is 4.98 Å². The van der Waals surface area contributed by atoms with Crippen LogP contribution in [-0.2, 0) is 16.0 Å². The number of phenolic OH excluding ortho intramolecular Hbond substituents is 1. The summed E-state index contributed by atoms with van der Waals surface area (Å²) in [5, 5.41) is 21.4. The number of ketones is 1. The fraction of sp³-hybridized carbons (Fsp3) is 0.280. The van der Waals surface area contributed by atoms with Crippen molar-refractivity contribution in [1.29, 1.82) is 0 Å². The van der Waals surface area contributed by atoms with Gasteiger partial charge in [0.05, 0.1) is 11.6 Å². The topological polar surface area (TPSA) is 93.6 Å². The second kappa shape index (κ2) is 8.30. The molecule has 3 N–H and O–H groups in total. The number of carbonyl (C=O) groups excluding carboxylic acids is 2. The lowest BCUT2D eigenvalue weighted by Gasteiger charge is -2.27. The first-order valence-corrected chi connectivity index (χ1v) is 10.5. The summed E-state index contributed by atoms with van der Waals surface area (Å²) in [6, 6.07) is 13.7. The van der Waals surface area contributed by atoms with Crippen molar-refractivity contribution in [2.45, 2.75) is 32.7 Å². The summed E-state index contributed by atoms with van der Waals surface area (Å²) >= 11 is 0. The number of para-hydroxylation sites is 1. The minimum atomic E-state index is -0.676. The van der Waals surface area contributed by atoms with Crippen LogP contribution in [0.4, 0.5) is 0 Å². The maximum Gasteiger partial charge on any atom is 0.290 e. The average Bonchev–Trinajstić information content (AvgIpc) is 3.26. The Morgan fingerprint density at radius 3 is 2.52 bits per heavy atom. The molecule has 0 fully saturated rings. The van der Waals surface area contributed by atoms with Crippen molar-refractivity contribution < 1.29 is 19.8 Å². The van der Waals surface area contributed by atoms with Crippen LogP contribution in [0.1, 0.15) is 37.4 Å². The molecular weight excluding hydrogens is 392 g/mol. The van der Waals surface area contributed by atoms with Gasteiger partial charge in [0, 0.05) is 30.1 Å². The van der Waals surface area contributed by atoms with E-state index in [1.807, 2.05) is 44.3 Å². The molecule has 0 saturated carbocycles. The quantitative estimate of drug-likeness (QED) is 0.529. The molecule has 0 spiro atoms. The van der Waals surface area contributed by atoms with E-state index in [0.717, 1.165) is 16.5 Å². The molecule has 1 atom stereocenters. The Balaban J connectivity index is 1.67. The van der Waals surface area contributed by atoms with Gasteiger partial charge in [-0.3, -0.25) is 9.59 Å². The lowest BCUT2D eigenvalue weighted by molar-refractivity contribution is -0.129. The highest BCUT2D eigenvalue weighted by Crippen LogP contribution is 2.39. The first kappa shape index (κ1) is 20.7. The molecule has 1 aromatic heterocycles. The van der Waals surface area contributed by atoms with Crippen LogP contribution in [0.3, 0.4) is 0 Å². The average molecular weight is 418 g/mol. The van der Waals surface area contributed by atoms with Gasteiger partial charge in [-0.2, -0.15) is 0 Å². The van der Waals surface area contributed by atoms with Crippen LogP contribution in [0, 0.1) is 5.92 Å². The number of nitrogens with one attached hydrogen (secondary N) is 1. The molecule has 3 aromatic rings. The lowest BCUT2D eigenvalue weighted by atomic mass is 9.92. The van der Waals surface area contributed by atoms with E-state index in [0.29, 0.717) is 18.5 Å². The number of H-pyrrole nitrogens is 1. The molecule has 1 aliphatic rings. The van der Waals surface area contributed by atoms with Crippen LogP contribution in [0.25, 0.3) is 10.9 Å². The number of Topliss-reactive ketones (excluding diaryl/α,β-unsaturated/α-hetero) is 1. The van der Waals surface area contributed by atoms with Crippen LogP contribution in [0.15, 0.2) is 66.1 Å². The van der Waals surface area contributed by atoms with Gasteiger partial charge in [0.1, 0.15) is 5.75 Å². The molecule has 0 radical (unpaired) electrons. The molecule has 0 aliphatic carbocycles. The normalized spacial score (nSPS) is 16.7. The Morgan fingerprint density at radius 1 is 1.10 bits per heavy atom. The zero-order valence-electron chi connectivity index (χ0n) is 17.6. The number of aliphatic hydroxyl groups is 1. The Bertz CT molecular complexity index is 1160. The molecule has 4 rings (SSSR count). The molecule has 0 bridgehead atoms. The minimum Gasteiger partial charge on any atom is -0.508 e. The minimum absolute atomic E-state index is 0.0988. The lowest BCUT2D eigenvalue weighted by Crippen LogP contribution is -2.33. The van der Waals surface area contributed by atoms with Crippen LogP contribution in [0.2, 0.25) is 0 Å². The Labute approximate surface area is 180 Å². The zero-order valence-corrected chi connectivity index (χ0v) is 17.6. The van der Waals surface area contributed by atoms with Gasteiger partial charge >= 0.3 is 0 Å². The summed E-state index contributed by atoms with van der Waals surface area (Å²) in [7, 11) is 0. The van der Waals surface area contributed by atoms with E-state index < -0.39 is 17.7 Å². The van der Waals surface area contributed by atoms with E-state index in [1.54, 1.807) is 17.0 Å². The van der Waals surface area contributed by atoms with E-state index in [1.165, 1.54) is 12.1 Å². The van der Waals surface area contributed by atoms with Crippen molar-refractivity contribution in [3.8, 4) is 5.75 Å². The highest BCUT2D eigenvalue weighted by atomic mass is 16.3. The summed E-state index contributed by atoms with van der Waals surface area (Å²) < 4.78 is 0. The number of phenols is 1. The predicted molar refractivity (Wildman–Crippen MR) is 119 cm³/mol. The second-order valence-corrected chi connectivity index (χ2v) is 8.39. The molecule has 1 amide bonds. The van der Waals surface area contributed by atoms with Gasteiger partial charge in [-0.1, -0.05) is 44.2 Å². The van der Waals surface area contributed by atoms with Crippen LogP contribution >= 0.6 is 0 Å². The number of hydrogen-bond donors (Lipinski definition) is 3. The van der Waals surface area contributed by atoms with Crippen molar-refractivity contribution in [1.82, 2.24) is 9.88 Å². The van der Waals surface area contributed by atoms with Gasteiger partial charge in [-0.05, 0) is 41.7 Å². The van der Waals surface area contributed by atoms with Crippen molar-refractivity contribution in [3.05, 3.63) is 77.2 Å². The van der Waals surface area contributed by atoms with Crippen LogP contribution in [-0.4, -0.2) is 38.3 Å². The Kier molecular flexibility index (Phi) is 5.55. The molecule has 160 valence electrons. The molecule has 6 nitrogen and oxygen atoms in total. The first-order valence-electron chi connectivity index (χ1n) is 10.5. The summed E-state index contributed by atoms with van der Waals surface area (Å²) in [5.41, 5.74) is 2.91. The highest BCUT2D eigenvalue weighted by molar-refractivity contribution is 6.09. The number of aromatic amines is 1. The highest BCUT2D eigenvalue weighted by Gasteiger charge is 2.43. The van der Waals surface area contributed by atoms with Crippen molar-refractivity contribution >= 4 is 22.6 Å². The number of aromatic hydroxyl groups is 1. The number of fused-ring (bicyclic) bond motifs is 1. The fourth-order valence-electron chi connectivity index (χ4n) is 4.23. The third-order valence-corrected chi connectivity index (χ3v) is 5.70. The van der Waals surface area contributed by atoms with Crippen LogP contribution < -0.4 is 0 Å². The number of hydrogen-bond acceptors (Lipinski definition) is 4. The van der Waals surface area contributed by atoms with E-state index >= 15 is 0 Å². The fourth-order valence-corrected chi connectivity index (χ4v) is 4.23. The number of aliphatic hydroxyl groups excluding tert-OH is 1. The van der Waals surface area contributed by atoms with Crippen molar-refractivity contribution in [2.24, 2.45) is 5.92 Å². The van der Waals surface area contributed by atoms with E-state index in [-0.39, 0.29) is 29.4 Å². The monoisotopic (exact) mass is 418 g/mol. The maximum absolute atomic E-state index is 13.0. The molecular formula is C25H26N2O4. The predicted octanol–water partition coefficient (Wildman–Crippen LogP) is 4.43. The van der Waals surface area contributed by atoms with E-state index in [4.69, 9.17) is 0 Å². The van der Waals surface area contributed by atoms with Crippen molar-refractivity contribution in [3.63, 3.8) is 0 Å². The van der Waals surface area contributed by atoms with Crippen LogP contribution in [0.5, 0.6) is 5.75 Å². The van der Waals surface area contributed by atoms with Gasteiger partial charge < -0.3 is 20.1 Å². The number of nitrogens with zero attached hydrogens (tertiary/aromatic N) is 1. The van der Waals surface area contributed by atoms with Crippen molar-refractivity contribution in [2.75, 3.05) is 6.54 Å². The Morgan fingerprint density at radius 2 is 1.81 bits per heavy atom. The first-order chi connectivity index (χ1) is 14.9. The smallest absolute Gasteiger partial charge is 0.290 e. The standard InChI is InChI=1S/C25H26N2O4/c1-15(2)13-21(29)22-23(16-7-9-18(28)10-8-16)27(25(31)24(22)30)12-11-17-14-26-20-6-4-3-5-19(17)20/h3-10,14-15,23,26,28,30H,11-13H2,1-2H3. The summed E-state index contributed by atoms with van der Waals surface area (Å²) in [4.78, 5) is 30.7. The third kappa shape index (κ3) is 3.93. The number of benzene rings is 2. The van der Waals surface area contributed by atoms with Gasteiger partial charge in [-0.15, -0.1) is 0 Å². The van der Waals surface area contributed by atoms with Gasteiger partial charge in [-0.25, -0.2) is 0 Å². The molecule has 0 saturated heterocycles. The Hall–Kier alpha value is -3.54. The summed E-state index contributed by atoms with van der Waals surface area (Å²) in [6.45, 7) is 4.20. The van der Waals surface area contributed by atoms with Gasteiger partial charge in [0.25, 0.3) is 5.91 Å². The molecule has 6 heteroatoms. The largest absolute Gasteiger partial charge is 0.508 e. The molecule has 1 aliphatic heterocycles. The second-order valence-electron chi connectivity index (χ2n) is 8.39. The molecule has 1 unspecified atom stereocenters. The van der Waals surface area contributed by atoms with Gasteiger partial charge in [0.2, 0.25) is 0 Å². The third-order valence-electron chi connectivity index (χ3n) is 5.70. The summed E-state index contributed by atoms with van der Waals surface area (Å²) in [6.07, 6.45) is 2.75. The number of amides is 1. The molecule has 2 aromatic carbocycles. The number of aromatic nitrogens is 1. The summed E-state index contributed by atoms with van der Waals surface area (Å²) in [5.74, 6) is -1.04.